The summed E-state index contributed by atoms with van der Waals surface area (Å²) < 4.78 is 5.91. The van der Waals surface area contributed by atoms with Crippen molar-refractivity contribution in [2.75, 3.05) is 23.8 Å². The molecular formula is C22H28N4O3. The van der Waals surface area contributed by atoms with Gasteiger partial charge in [0.25, 0.3) is 5.91 Å². The first-order valence-electron chi connectivity index (χ1n) is 10.1. The predicted molar refractivity (Wildman–Crippen MR) is 113 cm³/mol. The zero-order valence-corrected chi connectivity index (χ0v) is 16.7. The number of anilines is 2. The summed E-state index contributed by atoms with van der Waals surface area (Å²) in [5.74, 6) is 0.353. The van der Waals surface area contributed by atoms with Crippen LogP contribution >= 0.6 is 0 Å². The molecule has 1 aliphatic rings. The average Bonchev–Trinajstić information content (AvgIpc) is 2.73. The molecule has 154 valence electrons. The summed E-state index contributed by atoms with van der Waals surface area (Å²) in [4.78, 5) is 28.2. The first kappa shape index (κ1) is 20.8. The smallest absolute Gasteiger partial charge is 0.319 e. The SMILES string of the molecule is C[C@@H]1CCCC[C@@H]1OCCNC(=O)Nc1cccc(NC(=O)c2ccncc2)c1. The van der Waals surface area contributed by atoms with Crippen molar-refractivity contribution in [2.24, 2.45) is 5.92 Å². The zero-order chi connectivity index (χ0) is 20.5. The van der Waals surface area contributed by atoms with Gasteiger partial charge in [0.2, 0.25) is 0 Å². The molecule has 1 fully saturated rings. The number of urea groups is 1. The second-order valence-electron chi connectivity index (χ2n) is 7.32. The molecule has 29 heavy (non-hydrogen) atoms. The minimum absolute atomic E-state index is 0.233. The second kappa shape index (κ2) is 10.6. The van der Waals surface area contributed by atoms with Crippen molar-refractivity contribution in [1.29, 1.82) is 0 Å². The summed E-state index contributed by atoms with van der Waals surface area (Å²) in [6.45, 7) is 3.18. The van der Waals surface area contributed by atoms with Crippen LogP contribution in [0.1, 0.15) is 43.0 Å². The lowest BCUT2D eigenvalue weighted by molar-refractivity contribution is -0.00232. The molecule has 0 saturated heterocycles. The van der Waals surface area contributed by atoms with Gasteiger partial charge in [0, 0.05) is 35.9 Å². The van der Waals surface area contributed by atoms with Crippen LogP contribution in [-0.2, 0) is 4.74 Å². The maximum absolute atomic E-state index is 12.2. The Bertz CT molecular complexity index is 813. The van der Waals surface area contributed by atoms with Crippen LogP contribution in [0.3, 0.4) is 0 Å². The molecule has 0 aliphatic heterocycles. The monoisotopic (exact) mass is 396 g/mol. The van der Waals surface area contributed by atoms with E-state index in [1.165, 1.54) is 19.3 Å². The minimum atomic E-state index is -0.303. The molecule has 2 aromatic rings. The molecule has 0 radical (unpaired) electrons. The Balaban J connectivity index is 1.42. The molecule has 2 atom stereocenters. The average molecular weight is 396 g/mol. The van der Waals surface area contributed by atoms with Gasteiger partial charge in [0.05, 0.1) is 12.7 Å². The Hall–Kier alpha value is -2.93. The molecule has 3 N–H and O–H groups in total. The lowest BCUT2D eigenvalue weighted by Crippen LogP contribution is -2.34. The van der Waals surface area contributed by atoms with Gasteiger partial charge in [-0.15, -0.1) is 0 Å². The topological polar surface area (TPSA) is 92.4 Å². The number of amides is 3. The zero-order valence-electron chi connectivity index (χ0n) is 16.7. The Morgan fingerprint density at radius 2 is 1.79 bits per heavy atom. The van der Waals surface area contributed by atoms with E-state index in [4.69, 9.17) is 4.74 Å². The maximum atomic E-state index is 12.2. The van der Waals surface area contributed by atoms with Crippen LogP contribution in [0.4, 0.5) is 16.2 Å². The van der Waals surface area contributed by atoms with Gasteiger partial charge in [0.15, 0.2) is 0 Å². The molecule has 0 bridgehead atoms. The standard InChI is InChI=1S/C22H28N4O3/c1-16-5-2-3-8-20(16)29-14-13-24-22(28)26-19-7-4-6-18(15-19)25-21(27)17-9-11-23-12-10-17/h4,6-7,9-12,15-16,20H,2-3,5,8,13-14H2,1H3,(H,25,27)(H2,24,26,28)/t16-,20+/m1/s1. The van der Waals surface area contributed by atoms with Crippen molar-refractivity contribution in [3.63, 3.8) is 0 Å². The minimum Gasteiger partial charge on any atom is -0.376 e. The van der Waals surface area contributed by atoms with Crippen LogP contribution in [0.15, 0.2) is 48.8 Å². The third-order valence-corrected chi connectivity index (χ3v) is 5.07. The number of carbonyl (C=O) groups is 2. The van der Waals surface area contributed by atoms with Gasteiger partial charge < -0.3 is 20.7 Å². The molecule has 1 saturated carbocycles. The van der Waals surface area contributed by atoms with E-state index in [2.05, 4.69) is 27.9 Å². The first-order valence-corrected chi connectivity index (χ1v) is 10.1. The molecule has 3 amide bonds. The van der Waals surface area contributed by atoms with Gasteiger partial charge >= 0.3 is 6.03 Å². The highest BCUT2D eigenvalue weighted by molar-refractivity contribution is 6.04. The molecular weight excluding hydrogens is 368 g/mol. The highest BCUT2D eigenvalue weighted by Crippen LogP contribution is 2.26. The Morgan fingerprint density at radius 1 is 1.07 bits per heavy atom. The summed E-state index contributed by atoms with van der Waals surface area (Å²) in [7, 11) is 0. The molecule has 3 rings (SSSR count). The number of ether oxygens (including phenoxy) is 1. The van der Waals surface area contributed by atoms with Gasteiger partial charge in [-0.25, -0.2) is 4.79 Å². The Labute approximate surface area is 171 Å². The van der Waals surface area contributed by atoms with E-state index in [-0.39, 0.29) is 11.9 Å². The van der Waals surface area contributed by atoms with Gasteiger partial charge in [0.1, 0.15) is 0 Å². The summed E-state index contributed by atoms with van der Waals surface area (Å²) in [6, 6.07) is 9.98. The van der Waals surface area contributed by atoms with Gasteiger partial charge in [-0.3, -0.25) is 9.78 Å². The highest BCUT2D eigenvalue weighted by Gasteiger charge is 2.21. The quantitative estimate of drug-likeness (QED) is 0.616. The van der Waals surface area contributed by atoms with Gasteiger partial charge in [-0.2, -0.15) is 0 Å². The molecule has 7 nitrogen and oxygen atoms in total. The number of aromatic nitrogens is 1. The van der Waals surface area contributed by atoms with Crippen molar-refractivity contribution in [1.82, 2.24) is 10.3 Å². The second-order valence-corrected chi connectivity index (χ2v) is 7.32. The van der Waals surface area contributed by atoms with E-state index in [1.807, 2.05) is 0 Å². The number of rotatable bonds is 7. The van der Waals surface area contributed by atoms with Crippen LogP contribution in [0, 0.1) is 5.92 Å². The van der Waals surface area contributed by atoms with Crippen LogP contribution in [-0.4, -0.2) is 36.2 Å². The third kappa shape index (κ3) is 6.57. The third-order valence-electron chi connectivity index (χ3n) is 5.07. The number of nitrogens with zero attached hydrogens (tertiary/aromatic N) is 1. The molecule has 1 aromatic carbocycles. The molecule has 1 aromatic heterocycles. The lowest BCUT2D eigenvalue weighted by Gasteiger charge is -2.28. The van der Waals surface area contributed by atoms with Gasteiger partial charge in [-0.1, -0.05) is 25.8 Å². The van der Waals surface area contributed by atoms with Crippen molar-refractivity contribution < 1.29 is 14.3 Å². The first-order chi connectivity index (χ1) is 14.1. The molecule has 0 spiro atoms. The lowest BCUT2D eigenvalue weighted by atomic mass is 9.88. The van der Waals surface area contributed by atoms with Crippen LogP contribution < -0.4 is 16.0 Å². The summed E-state index contributed by atoms with van der Waals surface area (Å²) in [5.41, 5.74) is 1.71. The van der Waals surface area contributed by atoms with Crippen molar-refractivity contribution in [3.8, 4) is 0 Å². The number of hydrogen-bond donors (Lipinski definition) is 3. The Morgan fingerprint density at radius 3 is 2.55 bits per heavy atom. The fourth-order valence-electron chi connectivity index (χ4n) is 3.46. The number of carbonyl (C=O) groups excluding carboxylic acids is 2. The van der Waals surface area contributed by atoms with Crippen molar-refractivity contribution >= 4 is 23.3 Å². The molecule has 1 aliphatic carbocycles. The van der Waals surface area contributed by atoms with E-state index < -0.39 is 0 Å². The summed E-state index contributed by atoms with van der Waals surface area (Å²) >= 11 is 0. The number of nitrogens with one attached hydrogen (secondary N) is 3. The molecule has 1 heterocycles. The largest absolute Gasteiger partial charge is 0.376 e. The highest BCUT2D eigenvalue weighted by atomic mass is 16.5. The summed E-state index contributed by atoms with van der Waals surface area (Å²) in [6.07, 6.45) is 8.25. The van der Waals surface area contributed by atoms with Gasteiger partial charge in [-0.05, 0) is 49.1 Å². The van der Waals surface area contributed by atoms with Crippen LogP contribution in [0.25, 0.3) is 0 Å². The number of benzene rings is 1. The fourth-order valence-corrected chi connectivity index (χ4v) is 3.46. The normalized spacial score (nSPS) is 18.7. The Kier molecular flexibility index (Phi) is 7.58. The van der Waals surface area contributed by atoms with Crippen molar-refractivity contribution in [3.05, 3.63) is 54.4 Å². The van der Waals surface area contributed by atoms with E-state index >= 15 is 0 Å². The van der Waals surface area contributed by atoms with E-state index in [9.17, 15) is 9.59 Å². The fraction of sp³-hybridized carbons (Fsp3) is 0.409. The predicted octanol–water partition coefficient (Wildman–Crippen LogP) is 4.05. The molecule has 0 unspecified atom stereocenters. The van der Waals surface area contributed by atoms with Crippen LogP contribution in [0.5, 0.6) is 0 Å². The van der Waals surface area contributed by atoms with Crippen LogP contribution in [0.2, 0.25) is 0 Å². The maximum Gasteiger partial charge on any atom is 0.319 e. The van der Waals surface area contributed by atoms with Crippen molar-refractivity contribution in [2.45, 2.75) is 38.7 Å². The van der Waals surface area contributed by atoms with E-state index in [1.54, 1.807) is 48.8 Å². The van der Waals surface area contributed by atoms with E-state index in [0.29, 0.717) is 42.1 Å². The summed E-state index contributed by atoms with van der Waals surface area (Å²) in [5, 5.41) is 8.38. The van der Waals surface area contributed by atoms with E-state index in [0.717, 1.165) is 6.42 Å². The number of pyridine rings is 1. The number of hydrogen-bond acceptors (Lipinski definition) is 4. The molecule has 7 heteroatoms.